The molecule has 0 fully saturated rings. The Balaban J connectivity index is 1.73. The van der Waals surface area contributed by atoms with Gasteiger partial charge in [-0.25, -0.2) is 9.97 Å². The lowest BCUT2D eigenvalue weighted by molar-refractivity contribution is 0.102. The maximum absolute atomic E-state index is 12.3. The molecule has 1 N–H and O–H groups in total. The Labute approximate surface area is 143 Å². The second-order valence-electron chi connectivity index (χ2n) is 5.19. The highest BCUT2D eigenvalue weighted by Gasteiger charge is 2.14. The predicted octanol–water partition coefficient (Wildman–Crippen LogP) is 2.89. The lowest BCUT2D eigenvalue weighted by atomic mass is 10.2. The Hall–Kier alpha value is -2.61. The summed E-state index contributed by atoms with van der Waals surface area (Å²) in [7, 11) is 0. The van der Waals surface area contributed by atoms with Crippen LogP contribution in [0.5, 0.6) is 0 Å². The fourth-order valence-electron chi connectivity index (χ4n) is 2.28. The summed E-state index contributed by atoms with van der Waals surface area (Å²) in [5, 5.41) is 11.5. The van der Waals surface area contributed by atoms with Crippen molar-refractivity contribution < 1.29 is 4.79 Å². The van der Waals surface area contributed by atoms with Gasteiger partial charge in [-0.2, -0.15) is 0 Å². The molecule has 0 aromatic carbocycles. The second-order valence-corrected chi connectivity index (χ2v) is 6.28. The molecule has 3 aromatic heterocycles. The van der Waals surface area contributed by atoms with Crippen molar-refractivity contribution in [2.45, 2.75) is 33.1 Å². The van der Waals surface area contributed by atoms with E-state index in [1.54, 1.807) is 35.4 Å². The van der Waals surface area contributed by atoms with Gasteiger partial charge in [0.1, 0.15) is 6.33 Å². The van der Waals surface area contributed by atoms with Crippen molar-refractivity contribution in [2.24, 2.45) is 0 Å². The van der Waals surface area contributed by atoms with Crippen molar-refractivity contribution in [1.29, 1.82) is 0 Å². The number of hydrogen-bond acceptors (Lipinski definition) is 6. The normalized spacial score (nSPS) is 10.8. The molecule has 0 saturated heterocycles. The Morgan fingerprint density at radius 3 is 2.79 bits per heavy atom. The van der Waals surface area contributed by atoms with Gasteiger partial charge in [0.15, 0.2) is 16.6 Å². The van der Waals surface area contributed by atoms with Crippen molar-refractivity contribution in [1.82, 2.24) is 24.7 Å². The summed E-state index contributed by atoms with van der Waals surface area (Å²) in [5.74, 6) is 0.302. The highest BCUT2D eigenvalue weighted by atomic mass is 32.1. The fourth-order valence-corrected chi connectivity index (χ4v) is 3.23. The van der Waals surface area contributed by atoms with Crippen molar-refractivity contribution in [3.63, 3.8) is 0 Å². The molecule has 7 nitrogen and oxygen atoms in total. The van der Waals surface area contributed by atoms with Crippen molar-refractivity contribution in [3.8, 4) is 5.82 Å². The monoisotopic (exact) mass is 342 g/mol. The number of aryl methyl sites for hydroxylation is 2. The number of nitrogens with zero attached hydrogens (tertiary/aromatic N) is 5. The Morgan fingerprint density at radius 1 is 1.29 bits per heavy atom. The maximum Gasteiger partial charge on any atom is 0.277 e. The molecule has 3 aromatic rings. The van der Waals surface area contributed by atoms with Crippen LogP contribution >= 0.6 is 11.3 Å². The van der Waals surface area contributed by atoms with Crippen LogP contribution in [0.1, 0.15) is 41.3 Å². The topological polar surface area (TPSA) is 85.6 Å². The summed E-state index contributed by atoms with van der Waals surface area (Å²) >= 11 is 1.52. The Kier molecular flexibility index (Phi) is 4.95. The Morgan fingerprint density at radius 2 is 2.17 bits per heavy atom. The molecule has 3 rings (SSSR count). The van der Waals surface area contributed by atoms with E-state index in [2.05, 4.69) is 39.3 Å². The number of amides is 1. The van der Waals surface area contributed by atoms with Crippen LogP contribution in [0.4, 0.5) is 5.13 Å². The van der Waals surface area contributed by atoms with Gasteiger partial charge in [-0.1, -0.05) is 20.3 Å². The molecule has 3 heterocycles. The standard InChI is InChI=1S/C16H18N6OS/c1-3-5-11-13(4-2)24-16(18-11)19-15(23)12-6-7-14(21-20-12)22-9-8-17-10-22/h6-10H,3-5H2,1-2H3,(H,18,19,23). The van der Waals surface area contributed by atoms with E-state index < -0.39 is 0 Å². The number of aromatic nitrogens is 5. The van der Waals surface area contributed by atoms with Gasteiger partial charge in [-0.15, -0.1) is 21.5 Å². The average molecular weight is 342 g/mol. The van der Waals surface area contributed by atoms with Crippen LogP contribution in [0, 0.1) is 0 Å². The van der Waals surface area contributed by atoms with E-state index in [1.165, 1.54) is 16.2 Å². The number of anilines is 1. The van der Waals surface area contributed by atoms with E-state index in [0.29, 0.717) is 10.9 Å². The third kappa shape index (κ3) is 3.48. The van der Waals surface area contributed by atoms with Gasteiger partial charge in [0, 0.05) is 17.3 Å². The predicted molar refractivity (Wildman–Crippen MR) is 92.6 cm³/mol. The first-order valence-electron chi connectivity index (χ1n) is 7.83. The number of nitrogens with one attached hydrogen (secondary N) is 1. The minimum atomic E-state index is -0.306. The zero-order valence-corrected chi connectivity index (χ0v) is 14.4. The lowest BCUT2D eigenvalue weighted by Crippen LogP contribution is -2.14. The van der Waals surface area contributed by atoms with Gasteiger partial charge in [-0.3, -0.25) is 14.7 Å². The van der Waals surface area contributed by atoms with Crippen LogP contribution in [-0.4, -0.2) is 30.6 Å². The van der Waals surface area contributed by atoms with Crippen LogP contribution in [-0.2, 0) is 12.8 Å². The molecule has 0 spiro atoms. The van der Waals surface area contributed by atoms with Crippen LogP contribution in [0.15, 0.2) is 30.9 Å². The fraction of sp³-hybridized carbons (Fsp3) is 0.312. The second kappa shape index (κ2) is 7.31. The number of hydrogen-bond donors (Lipinski definition) is 1. The molecule has 0 aliphatic heterocycles. The van der Waals surface area contributed by atoms with Crippen molar-refractivity contribution in [3.05, 3.63) is 47.1 Å². The van der Waals surface area contributed by atoms with Crippen LogP contribution in [0.2, 0.25) is 0 Å². The summed E-state index contributed by atoms with van der Waals surface area (Å²) in [5.41, 5.74) is 1.32. The molecule has 0 radical (unpaired) electrons. The Bertz CT molecular complexity index is 810. The number of thiazole rings is 1. The highest BCUT2D eigenvalue weighted by Crippen LogP contribution is 2.25. The lowest BCUT2D eigenvalue weighted by Gasteiger charge is -2.02. The first-order chi connectivity index (χ1) is 11.7. The van der Waals surface area contributed by atoms with Gasteiger partial charge in [0.05, 0.1) is 5.69 Å². The molecule has 0 aliphatic rings. The smallest absolute Gasteiger partial charge is 0.277 e. The third-order valence-corrected chi connectivity index (χ3v) is 4.62. The molecule has 0 bridgehead atoms. The van der Waals surface area contributed by atoms with Crippen molar-refractivity contribution in [2.75, 3.05) is 5.32 Å². The zero-order valence-electron chi connectivity index (χ0n) is 13.6. The van der Waals surface area contributed by atoms with E-state index >= 15 is 0 Å². The van der Waals surface area contributed by atoms with Crippen LogP contribution < -0.4 is 5.32 Å². The molecule has 24 heavy (non-hydrogen) atoms. The quantitative estimate of drug-likeness (QED) is 0.744. The first kappa shape index (κ1) is 16.3. The van der Waals surface area contributed by atoms with E-state index in [0.717, 1.165) is 25.0 Å². The number of imidazole rings is 1. The van der Waals surface area contributed by atoms with Crippen LogP contribution in [0.25, 0.3) is 5.82 Å². The van der Waals surface area contributed by atoms with Crippen LogP contribution in [0.3, 0.4) is 0 Å². The van der Waals surface area contributed by atoms with Gasteiger partial charge >= 0.3 is 0 Å². The van der Waals surface area contributed by atoms with Gasteiger partial charge in [0.2, 0.25) is 0 Å². The van der Waals surface area contributed by atoms with E-state index in [9.17, 15) is 4.79 Å². The molecule has 8 heteroatoms. The van der Waals surface area contributed by atoms with E-state index in [-0.39, 0.29) is 11.6 Å². The van der Waals surface area contributed by atoms with Gasteiger partial charge in [0.25, 0.3) is 5.91 Å². The first-order valence-corrected chi connectivity index (χ1v) is 8.65. The van der Waals surface area contributed by atoms with Gasteiger partial charge < -0.3 is 0 Å². The van der Waals surface area contributed by atoms with Gasteiger partial charge in [-0.05, 0) is 25.0 Å². The molecule has 0 unspecified atom stereocenters. The summed E-state index contributed by atoms with van der Waals surface area (Å²) in [6, 6.07) is 3.37. The SMILES string of the molecule is CCCc1nc(NC(=O)c2ccc(-n3ccnc3)nn2)sc1CC. The van der Waals surface area contributed by atoms with Crippen molar-refractivity contribution >= 4 is 22.4 Å². The summed E-state index contributed by atoms with van der Waals surface area (Å²) < 4.78 is 1.72. The van der Waals surface area contributed by atoms with E-state index in [1.807, 2.05) is 0 Å². The largest absolute Gasteiger partial charge is 0.296 e. The number of carbonyl (C=O) groups excluding carboxylic acids is 1. The summed E-state index contributed by atoms with van der Waals surface area (Å²) in [6.07, 6.45) is 7.92. The highest BCUT2D eigenvalue weighted by molar-refractivity contribution is 7.15. The average Bonchev–Trinajstić information content (AvgIpc) is 3.25. The molecule has 0 aliphatic carbocycles. The minimum absolute atomic E-state index is 0.254. The van der Waals surface area contributed by atoms with E-state index in [4.69, 9.17) is 0 Å². The molecule has 0 atom stereocenters. The summed E-state index contributed by atoms with van der Waals surface area (Å²) in [4.78, 5) is 22.0. The molecule has 1 amide bonds. The maximum atomic E-state index is 12.3. The molecular formula is C16H18N6OS. The molecule has 0 saturated carbocycles. The third-order valence-electron chi connectivity index (χ3n) is 3.46. The number of carbonyl (C=O) groups is 1. The molecular weight excluding hydrogens is 324 g/mol. The number of rotatable bonds is 6. The molecule has 124 valence electrons. The summed E-state index contributed by atoms with van der Waals surface area (Å²) in [6.45, 7) is 4.22. The zero-order chi connectivity index (χ0) is 16.9. The minimum Gasteiger partial charge on any atom is -0.296 e.